The molecule has 3 aromatic heterocycles. The summed E-state index contributed by atoms with van der Waals surface area (Å²) in [5.41, 5.74) is 2.12. The predicted octanol–water partition coefficient (Wildman–Crippen LogP) is 2.35. The van der Waals surface area contributed by atoms with Crippen LogP contribution in [0.1, 0.15) is 11.3 Å². The molecule has 0 saturated carbocycles. The number of thioether (sulfide) groups is 1. The highest BCUT2D eigenvalue weighted by Gasteiger charge is 2.22. The fraction of sp³-hybridized carbons (Fsp3) is 0.200. The molecule has 122 valence electrons. The molecule has 0 saturated heterocycles. The van der Waals surface area contributed by atoms with Crippen molar-refractivity contribution < 1.29 is 9.32 Å². The number of amides is 1. The van der Waals surface area contributed by atoms with Crippen LogP contribution in [0.3, 0.4) is 0 Å². The first-order valence-electron chi connectivity index (χ1n) is 7.16. The molecule has 0 atom stereocenters. The molecule has 1 aliphatic rings. The minimum Gasteiger partial charge on any atom is -0.338 e. The minimum absolute atomic E-state index is 0.126. The standard InChI is InChI=1S/C15H12N4O3S2/c20-13(17-15-9-6-23-7-11(9)18-22-15)5-19-8-16-10(4-14(19)21)12-2-1-3-24-12/h1-4,8H,5-7H2,(H,17,20). The lowest BCUT2D eigenvalue weighted by molar-refractivity contribution is -0.116. The Morgan fingerprint density at radius 1 is 1.42 bits per heavy atom. The maximum absolute atomic E-state index is 12.2. The third-order valence-electron chi connectivity index (χ3n) is 3.57. The van der Waals surface area contributed by atoms with Crippen molar-refractivity contribution in [2.45, 2.75) is 18.1 Å². The predicted molar refractivity (Wildman–Crippen MR) is 91.9 cm³/mol. The second-order valence-corrected chi connectivity index (χ2v) is 7.13. The second kappa shape index (κ2) is 6.25. The van der Waals surface area contributed by atoms with Crippen molar-refractivity contribution in [3.05, 3.63) is 51.5 Å². The third-order valence-corrected chi connectivity index (χ3v) is 5.44. The van der Waals surface area contributed by atoms with Gasteiger partial charge in [0.15, 0.2) is 0 Å². The molecular weight excluding hydrogens is 348 g/mol. The van der Waals surface area contributed by atoms with Gasteiger partial charge in [-0.15, -0.1) is 11.3 Å². The molecule has 0 aromatic carbocycles. The van der Waals surface area contributed by atoms with Crippen LogP contribution >= 0.6 is 23.1 Å². The molecule has 0 unspecified atom stereocenters. The number of hydrogen-bond acceptors (Lipinski definition) is 7. The lowest BCUT2D eigenvalue weighted by Gasteiger charge is -2.06. The quantitative estimate of drug-likeness (QED) is 0.768. The highest BCUT2D eigenvalue weighted by Crippen LogP contribution is 2.34. The Kier molecular flexibility index (Phi) is 3.95. The van der Waals surface area contributed by atoms with Gasteiger partial charge < -0.3 is 4.52 Å². The van der Waals surface area contributed by atoms with Gasteiger partial charge in [-0.1, -0.05) is 11.2 Å². The first-order valence-corrected chi connectivity index (χ1v) is 9.19. The van der Waals surface area contributed by atoms with Gasteiger partial charge in [0.1, 0.15) is 6.54 Å². The van der Waals surface area contributed by atoms with Crippen LogP contribution in [-0.4, -0.2) is 20.6 Å². The van der Waals surface area contributed by atoms with Gasteiger partial charge >= 0.3 is 0 Å². The summed E-state index contributed by atoms with van der Waals surface area (Å²) in [5, 5.41) is 8.52. The van der Waals surface area contributed by atoms with E-state index >= 15 is 0 Å². The molecule has 7 nitrogen and oxygen atoms in total. The number of hydrogen-bond donors (Lipinski definition) is 1. The van der Waals surface area contributed by atoms with Crippen molar-refractivity contribution in [2.75, 3.05) is 5.32 Å². The number of anilines is 1. The van der Waals surface area contributed by atoms with Crippen LogP contribution < -0.4 is 10.9 Å². The fourth-order valence-corrected chi connectivity index (χ4v) is 4.09. The summed E-state index contributed by atoms with van der Waals surface area (Å²) < 4.78 is 6.41. The van der Waals surface area contributed by atoms with E-state index < -0.39 is 0 Å². The number of aromatic nitrogens is 3. The molecule has 3 aromatic rings. The number of carbonyl (C=O) groups excluding carboxylic acids is 1. The van der Waals surface area contributed by atoms with E-state index in [-0.39, 0.29) is 18.0 Å². The van der Waals surface area contributed by atoms with Crippen LogP contribution in [0, 0.1) is 0 Å². The van der Waals surface area contributed by atoms with Gasteiger partial charge in [-0.05, 0) is 11.4 Å². The van der Waals surface area contributed by atoms with E-state index in [2.05, 4.69) is 15.5 Å². The lowest BCUT2D eigenvalue weighted by atomic mass is 10.3. The highest BCUT2D eigenvalue weighted by molar-refractivity contribution is 7.98. The SMILES string of the molecule is O=C(Cn1cnc(-c2cccs2)cc1=O)Nc1onc2c1CSC2. The van der Waals surface area contributed by atoms with Crippen LogP contribution in [0.25, 0.3) is 10.6 Å². The molecule has 1 aliphatic heterocycles. The normalized spacial score (nSPS) is 13.0. The number of fused-ring (bicyclic) bond motifs is 1. The van der Waals surface area contributed by atoms with Gasteiger partial charge in [0, 0.05) is 17.6 Å². The van der Waals surface area contributed by atoms with Crippen LogP contribution in [0.4, 0.5) is 5.88 Å². The number of nitrogens with zero attached hydrogens (tertiary/aromatic N) is 3. The van der Waals surface area contributed by atoms with Crippen molar-refractivity contribution in [3.63, 3.8) is 0 Å². The molecule has 0 aliphatic carbocycles. The molecule has 0 fully saturated rings. The van der Waals surface area contributed by atoms with E-state index in [1.165, 1.54) is 28.3 Å². The summed E-state index contributed by atoms with van der Waals surface area (Å²) in [6.45, 7) is -0.126. The molecule has 0 bridgehead atoms. The monoisotopic (exact) mass is 360 g/mol. The van der Waals surface area contributed by atoms with Gasteiger partial charge in [0.25, 0.3) is 5.56 Å². The first-order chi connectivity index (χ1) is 11.7. The Labute approximate surface area is 144 Å². The summed E-state index contributed by atoms with van der Waals surface area (Å²) in [6.07, 6.45) is 1.39. The first kappa shape index (κ1) is 15.2. The average Bonchev–Trinajstić information content (AvgIpc) is 3.28. The van der Waals surface area contributed by atoms with Crippen molar-refractivity contribution in [1.82, 2.24) is 14.7 Å². The van der Waals surface area contributed by atoms with E-state index in [9.17, 15) is 9.59 Å². The van der Waals surface area contributed by atoms with Gasteiger partial charge in [0.05, 0.1) is 28.2 Å². The maximum Gasteiger partial charge on any atom is 0.254 e. The zero-order chi connectivity index (χ0) is 16.5. The number of carbonyl (C=O) groups is 1. The Bertz CT molecular complexity index is 946. The molecule has 0 spiro atoms. The molecule has 1 N–H and O–H groups in total. The Balaban J connectivity index is 1.48. The van der Waals surface area contributed by atoms with Gasteiger partial charge in [0.2, 0.25) is 11.8 Å². The topological polar surface area (TPSA) is 90.0 Å². The number of thiophene rings is 1. The highest BCUT2D eigenvalue weighted by atomic mass is 32.2. The Morgan fingerprint density at radius 2 is 2.33 bits per heavy atom. The summed E-state index contributed by atoms with van der Waals surface area (Å²) in [6, 6.07) is 5.22. The maximum atomic E-state index is 12.2. The van der Waals surface area contributed by atoms with Crippen LogP contribution in [0.2, 0.25) is 0 Å². The van der Waals surface area contributed by atoms with E-state index in [4.69, 9.17) is 4.52 Å². The van der Waals surface area contributed by atoms with E-state index in [0.717, 1.165) is 27.6 Å². The lowest BCUT2D eigenvalue weighted by Crippen LogP contribution is -2.27. The van der Waals surface area contributed by atoms with Crippen LogP contribution in [0.5, 0.6) is 0 Å². The molecule has 9 heteroatoms. The van der Waals surface area contributed by atoms with Crippen molar-refractivity contribution >= 4 is 34.9 Å². The van der Waals surface area contributed by atoms with Gasteiger partial charge in [-0.2, -0.15) is 11.8 Å². The zero-order valence-electron chi connectivity index (χ0n) is 12.4. The second-order valence-electron chi connectivity index (χ2n) is 5.20. The largest absolute Gasteiger partial charge is 0.338 e. The summed E-state index contributed by atoms with van der Waals surface area (Å²) in [4.78, 5) is 29.5. The molecule has 4 rings (SSSR count). The van der Waals surface area contributed by atoms with Crippen LogP contribution in [-0.2, 0) is 22.8 Å². The Hall–Kier alpha value is -2.39. The third kappa shape index (κ3) is 2.87. The number of nitrogens with one attached hydrogen (secondary N) is 1. The smallest absolute Gasteiger partial charge is 0.254 e. The van der Waals surface area contributed by atoms with E-state index in [1.807, 2.05) is 17.5 Å². The number of rotatable bonds is 4. The van der Waals surface area contributed by atoms with Crippen molar-refractivity contribution in [3.8, 4) is 10.6 Å². The van der Waals surface area contributed by atoms with E-state index in [0.29, 0.717) is 11.6 Å². The van der Waals surface area contributed by atoms with Crippen molar-refractivity contribution in [1.29, 1.82) is 0 Å². The Morgan fingerprint density at radius 3 is 3.12 bits per heavy atom. The molecular formula is C15H12N4O3S2. The van der Waals surface area contributed by atoms with Gasteiger partial charge in [-0.25, -0.2) is 4.98 Å². The van der Waals surface area contributed by atoms with Gasteiger partial charge in [-0.3, -0.25) is 19.5 Å². The summed E-state index contributed by atoms with van der Waals surface area (Å²) in [5.74, 6) is 1.59. The fourth-order valence-electron chi connectivity index (χ4n) is 2.38. The zero-order valence-corrected chi connectivity index (χ0v) is 14.0. The molecule has 0 radical (unpaired) electrons. The molecule has 1 amide bonds. The van der Waals surface area contributed by atoms with Crippen molar-refractivity contribution in [2.24, 2.45) is 0 Å². The molecule has 24 heavy (non-hydrogen) atoms. The van der Waals surface area contributed by atoms with E-state index in [1.54, 1.807) is 11.8 Å². The average molecular weight is 360 g/mol. The van der Waals surface area contributed by atoms with Crippen LogP contribution in [0.15, 0.2) is 39.2 Å². The minimum atomic E-state index is -0.348. The molecule has 4 heterocycles. The summed E-state index contributed by atoms with van der Waals surface area (Å²) >= 11 is 3.23. The summed E-state index contributed by atoms with van der Waals surface area (Å²) in [7, 11) is 0.